The molecule has 0 amide bonds. The number of aliphatic hydroxyl groups is 2. The molecule has 0 saturated heterocycles. The van der Waals surface area contributed by atoms with Crippen LogP contribution in [-0.2, 0) is 0 Å². The van der Waals surface area contributed by atoms with E-state index in [0.717, 1.165) is 28.0 Å². The molecular weight excluding hydrogens is 532 g/mol. The molecular formula is C30H27BrN2O4. The molecule has 4 aromatic carbocycles. The SMILES string of the molecule is OCBr.[C-]#[N+]c1ccc(-c2ccc(O)cc2)cc1.[C-]#[N+]c1ccc(-c2ccc(OCCCO)cc2)cc1. The molecule has 0 spiro atoms. The number of phenols is 1. The first-order chi connectivity index (χ1) is 18.0. The van der Waals surface area contributed by atoms with Crippen molar-refractivity contribution in [1.82, 2.24) is 0 Å². The number of nitrogens with zero attached hydrogens (tertiary/aromatic N) is 2. The van der Waals surface area contributed by atoms with Crippen LogP contribution in [0.5, 0.6) is 11.5 Å². The first-order valence-electron chi connectivity index (χ1n) is 11.3. The van der Waals surface area contributed by atoms with Gasteiger partial charge in [0.05, 0.1) is 25.3 Å². The van der Waals surface area contributed by atoms with E-state index in [4.69, 9.17) is 33.2 Å². The normalized spacial score (nSPS) is 9.43. The van der Waals surface area contributed by atoms with Gasteiger partial charge in [0.15, 0.2) is 11.4 Å². The summed E-state index contributed by atoms with van der Waals surface area (Å²) in [4.78, 5) is 6.70. The summed E-state index contributed by atoms with van der Waals surface area (Å²) < 4.78 is 5.47. The zero-order chi connectivity index (χ0) is 26.9. The number of alkyl halides is 1. The lowest BCUT2D eigenvalue weighted by atomic mass is 10.1. The minimum atomic E-state index is 0.0625. The number of aromatic hydroxyl groups is 1. The van der Waals surface area contributed by atoms with Gasteiger partial charge in [-0.05, 0) is 46.5 Å². The molecule has 0 fully saturated rings. The third-order valence-electron chi connectivity index (χ3n) is 4.95. The maximum Gasteiger partial charge on any atom is 0.187 e. The molecule has 188 valence electrons. The number of phenolic OH excluding ortho intramolecular Hbond substituents is 1. The molecule has 0 aliphatic heterocycles. The molecule has 4 rings (SSSR count). The van der Waals surface area contributed by atoms with E-state index in [0.29, 0.717) is 24.4 Å². The van der Waals surface area contributed by atoms with Gasteiger partial charge < -0.3 is 20.1 Å². The van der Waals surface area contributed by atoms with Crippen molar-refractivity contribution in [2.75, 3.05) is 18.7 Å². The highest BCUT2D eigenvalue weighted by Crippen LogP contribution is 2.25. The van der Waals surface area contributed by atoms with Crippen LogP contribution in [0, 0.1) is 13.1 Å². The molecule has 0 aromatic heterocycles. The van der Waals surface area contributed by atoms with Crippen LogP contribution in [0.2, 0.25) is 0 Å². The van der Waals surface area contributed by atoms with E-state index in [1.807, 2.05) is 72.8 Å². The van der Waals surface area contributed by atoms with Gasteiger partial charge in [-0.2, -0.15) is 0 Å². The van der Waals surface area contributed by atoms with Gasteiger partial charge in [0.1, 0.15) is 11.5 Å². The molecule has 0 atom stereocenters. The first-order valence-corrected chi connectivity index (χ1v) is 12.4. The molecule has 0 saturated carbocycles. The Bertz CT molecular complexity index is 1280. The summed E-state index contributed by atoms with van der Waals surface area (Å²) in [6.45, 7) is 14.4. The summed E-state index contributed by atoms with van der Waals surface area (Å²) in [7, 11) is 0. The third-order valence-corrected chi connectivity index (χ3v) is 4.95. The second-order valence-corrected chi connectivity index (χ2v) is 7.94. The minimum Gasteiger partial charge on any atom is -0.508 e. The predicted octanol–water partition coefficient (Wildman–Crippen LogP) is 7.61. The molecule has 7 heteroatoms. The summed E-state index contributed by atoms with van der Waals surface area (Å²) >= 11 is 2.70. The van der Waals surface area contributed by atoms with Gasteiger partial charge in [0.2, 0.25) is 0 Å². The molecule has 0 aliphatic carbocycles. The van der Waals surface area contributed by atoms with E-state index >= 15 is 0 Å². The van der Waals surface area contributed by atoms with Crippen LogP contribution in [0.3, 0.4) is 0 Å². The lowest BCUT2D eigenvalue weighted by Crippen LogP contribution is -1.99. The Morgan fingerprint density at radius 3 is 1.32 bits per heavy atom. The van der Waals surface area contributed by atoms with Crippen molar-refractivity contribution in [3.8, 4) is 33.8 Å². The monoisotopic (exact) mass is 558 g/mol. The minimum absolute atomic E-state index is 0.0625. The van der Waals surface area contributed by atoms with Gasteiger partial charge in [-0.15, -0.1) is 0 Å². The van der Waals surface area contributed by atoms with Crippen LogP contribution in [0.25, 0.3) is 31.9 Å². The van der Waals surface area contributed by atoms with Crippen molar-refractivity contribution in [2.24, 2.45) is 0 Å². The zero-order valence-corrected chi connectivity index (χ0v) is 21.7. The summed E-state index contributed by atoms with van der Waals surface area (Å²) in [6, 6.07) is 29.7. The Labute approximate surface area is 225 Å². The largest absolute Gasteiger partial charge is 0.508 e. The maximum atomic E-state index is 9.15. The summed E-state index contributed by atoms with van der Waals surface area (Å²) in [5.41, 5.74) is 5.59. The van der Waals surface area contributed by atoms with Crippen molar-refractivity contribution in [2.45, 2.75) is 6.42 Å². The van der Waals surface area contributed by atoms with Gasteiger partial charge in [0, 0.05) is 13.0 Å². The van der Waals surface area contributed by atoms with E-state index in [9.17, 15) is 0 Å². The van der Waals surface area contributed by atoms with Crippen LogP contribution >= 0.6 is 15.9 Å². The summed E-state index contributed by atoms with van der Waals surface area (Å²) in [5.74, 6) is 1.06. The van der Waals surface area contributed by atoms with Gasteiger partial charge in [-0.3, -0.25) is 0 Å². The summed E-state index contributed by atoms with van der Waals surface area (Å²) in [6.07, 6.45) is 0.639. The Balaban J connectivity index is 0.000000240. The van der Waals surface area contributed by atoms with Gasteiger partial charge >= 0.3 is 0 Å². The smallest absolute Gasteiger partial charge is 0.187 e. The zero-order valence-electron chi connectivity index (χ0n) is 20.1. The number of hydrogen-bond acceptors (Lipinski definition) is 4. The second kappa shape index (κ2) is 16.5. The Morgan fingerprint density at radius 1 is 0.622 bits per heavy atom. The number of aliphatic hydroxyl groups excluding tert-OH is 2. The number of benzene rings is 4. The first kappa shape index (κ1) is 29.1. The molecule has 0 aliphatic rings. The van der Waals surface area contributed by atoms with Crippen LogP contribution in [0.15, 0.2) is 97.1 Å². The van der Waals surface area contributed by atoms with E-state index in [1.165, 1.54) is 0 Å². The molecule has 0 unspecified atom stereocenters. The average Bonchev–Trinajstić information content (AvgIpc) is 2.95. The van der Waals surface area contributed by atoms with E-state index in [-0.39, 0.29) is 17.9 Å². The topological polar surface area (TPSA) is 78.6 Å². The number of halogens is 1. The van der Waals surface area contributed by atoms with Crippen molar-refractivity contribution in [1.29, 1.82) is 0 Å². The standard InChI is InChI=1S/C16H15NO2.C13H9NO.CH3BrO/c1-17-15-7-3-13(4-8-15)14-5-9-16(10-6-14)19-12-2-11-18;1-14-12-6-2-10(3-7-12)11-4-8-13(15)9-5-11;2-1-3/h3-10,18H,2,11-12H2;2-9,15H;3H,1H2. The predicted molar refractivity (Wildman–Crippen MR) is 151 cm³/mol. The molecule has 6 nitrogen and oxygen atoms in total. The molecule has 0 bridgehead atoms. The fourth-order valence-electron chi connectivity index (χ4n) is 3.11. The molecule has 0 radical (unpaired) electrons. The van der Waals surface area contributed by atoms with Crippen LogP contribution in [0.4, 0.5) is 11.4 Å². The lowest BCUT2D eigenvalue weighted by Gasteiger charge is -2.06. The fourth-order valence-corrected chi connectivity index (χ4v) is 3.11. The maximum absolute atomic E-state index is 9.15. The van der Waals surface area contributed by atoms with Gasteiger partial charge in [0.25, 0.3) is 0 Å². The summed E-state index contributed by atoms with van der Waals surface area (Å²) in [5, 5.41) is 25.3. The highest BCUT2D eigenvalue weighted by atomic mass is 79.9. The van der Waals surface area contributed by atoms with E-state index in [1.54, 1.807) is 24.3 Å². The van der Waals surface area contributed by atoms with Crippen LogP contribution in [0.1, 0.15) is 6.42 Å². The lowest BCUT2D eigenvalue weighted by molar-refractivity contribution is 0.233. The number of hydrogen-bond donors (Lipinski definition) is 3. The average molecular weight is 559 g/mol. The molecule has 4 aromatic rings. The van der Waals surface area contributed by atoms with Gasteiger partial charge in [-0.1, -0.05) is 88.7 Å². The third kappa shape index (κ3) is 10.2. The van der Waals surface area contributed by atoms with Crippen molar-refractivity contribution in [3.63, 3.8) is 0 Å². The van der Waals surface area contributed by atoms with Crippen LogP contribution < -0.4 is 4.74 Å². The van der Waals surface area contributed by atoms with Gasteiger partial charge in [-0.25, -0.2) is 9.69 Å². The van der Waals surface area contributed by atoms with E-state index < -0.39 is 0 Å². The van der Waals surface area contributed by atoms with Crippen molar-refractivity contribution >= 4 is 27.3 Å². The van der Waals surface area contributed by atoms with Crippen LogP contribution in [-0.4, -0.2) is 34.0 Å². The quantitative estimate of drug-likeness (QED) is 0.129. The van der Waals surface area contributed by atoms with Crippen molar-refractivity contribution < 1.29 is 20.1 Å². The molecule has 3 N–H and O–H groups in total. The molecule has 0 heterocycles. The Hall–Kier alpha value is -4.14. The Kier molecular flexibility index (Phi) is 13.0. The highest BCUT2D eigenvalue weighted by molar-refractivity contribution is 9.09. The Morgan fingerprint density at radius 2 is 0.973 bits per heavy atom. The highest BCUT2D eigenvalue weighted by Gasteiger charge is 2.00. The second-order valence-electron chi connectivity index (χ2n) is 7.43. The number of rotatable bonds is 6. The fraction of sp³-hybridized carbons (Fsp3) is 0.133. The van der Waals surface area contributed by atoms with Crippen molar-refractivity contribution in [3.05, 3.63) is 120 Å². The van der Waals surface area contributed by atoms with E-state index in [2.05, 4.69) is 25.6 Å². The molecule has 37 heavy (non-hydrogen) atoms. The number of ether oxygens (including phenoxy) is 1.